The molecule has 82 valence electrons. The van der Waals surface area contributed by atoms with Crippen LogP contribution in [-0.4, -0.2) is 34.2 Å². The number of hydrogen-bond donors (Lipinski definition) is 1. The van der Waals surface area contributed by atoms with Crippen LogP contribution in [0.15, 0.2) is 0 Å². The fourth-order valence-corrected chi connectivity index (χ4v) is 0.801. The molecule has 0 aliphatic heterocycles. The molecule has 0 fully saturated rings. The molecule has 0 aromatic rings. The summed E-state index contributed by atoms with van der Waals surface area (Å²) in [7, 11) is 0. The molecule has 0 bridgehead atoms. The Hall–Kier alpha value is -1.10. The minimum Gasteiger partial charge on any atom is -0.480 e. The van der Waals surface area contributed by atoms with Gasteiger partial charge in [-0.25, -0.2) is 5.06 Å². The summed E-state index contributed by atoms with van der Waals surface area (Å²) in [4.78, 5) is 26.9. The predicted octanol–water partition coefficient (Wildman–Crippen LogP) is 1.04. The van der Waals surface area contributed by atoms with Crippen LogP contribution >= 0.6 is 0 Å². The Morgan fingerprint density at radius 2 is 1.86 bits per heavy atom. The van der Waals surface area contributed by atoms with Gasteiger partial charge in [-0.1, -0.05) is 6.92 Å². The number of hydrogen-bond acceptors (Lipinski definition) is 3. The Labute approximate surface area is 83.6 Å². The van der Waals surface area contributed by atoms with E-state index < -0.39 is 18.1 Å². The van der Waals surface area contributed by atoms with E-state index >= 15 is 0 Å². The van der Waals surface area contributed by atoms with Gasteiger partial charge in [-0.3, -0.25) is 14.4 Å². The Morgan fingerprint density at radius 3 is 2.14 bits per heavy atom. The molecule has 0 aromatic heterocycles. The van der Waals surface area contributed by atoms with Crippen LogP contribution in [0.2, 0.25) is 0 Å². The monoisotopic (exact) mass is 203 g/mol. The van der Waals surface area contributed by atoms with E-state index in [0.29, 0.717) is 0 Å². The largest absolute Gasteiger partial charge is 0.480 e. The van der Waals surface area contributed by atoms with Gasteiger partial charge in [0.05, 0.1) is 5.60 Å². The van der Waals surface area contributed by atoms with E-state index in [1.165, 1.54) is 0 Å². The normalized spacial score (nSPS) is 11.1. The SMILES string of the molecule is CCC(=O)N(CC(=O)O)OC(C)(C)C. The fourth-order valence-electron chi connectivity index (χ4n) is 0.801. The minimum atomic E-state index is -1.09. The topological polar surface area (TPSA) is 66.8 Å². The van der Waals surface area contributed by atoms with Crippen molar-refractivity contribution in [3.05, 3.63) is 0 Å². The predicted molar refractivity (Wildman–Crippen MR) is 50.5 cm³/mol. The first kappa shape index (κ1) is 12.9. The van der Waals surface area contributed by atoms with Crippen molar-refractivity contribution in [1.82, 2.24) is 5.06 Å². The molecule has 0 saturated carbocycles. The summed E-state index contributed by atoms with van der Waals surface area (Å²) >= 11 is 0. The molecule has 0 aliphatic rings. The Bertz CT molecular complexity index is 219. The summed E-state index contributed by atoms with van der Waals surface area (Å²) < 4.78 is 0. The van der Waals surface area contributed by atoms with E-state index in [0.717, 1.165) is 5.06 Å². The summed E-state index contributed by atoms with van der Waals surface area (Å²) in [6.07, 6.45) is 0.226. The molecular weight excluding hydrogens is 186 g/mol. The van der Waals surface area contributed by atoms with Crippen molar-refractivity contribution in [2.75, 3.05) is 6.54 Å². The summed E-state index contributed by atoms with van der Waals surface area (Å²) in [6, 6.07) is 0. The van der Waals surface area contributed by atoms with Crippen molar-refractivity contribution in [3.63, 3.8) is 0 Å². The third kappa shape index (κ3) is 5.53. The molecular formula is C9H17NO4. The van der Waals surface area contributed by atoms with Gasteiger partial charge < -0.3 is 5.11 Å². The first-order chi connectivity index (χ1) is 6.26. The van der Waals surface area contributed by atoms with Crippen molar-refractivity contribution < 1.29 is 19.5 Å². The number of carbonyl (C=O) groups excluding carboxylic acids is 1. The van der Waals surface area contributed by atoms with Gasteiger partial charge in [0, 0.05) is 6.42 Å². The molecule has 0 atom stereocenters. The molecule has 1 N–H and O–H groups in total. The maximum Gasteiger partial charge on any atom is 0.325 e. The molecule has 0 heterocycles. The lowest BCUT2D eigenvalue weighted by Crippen LogP contribution is -2.41. The third-order valence-corrected chi connectivity index (χ3v) is 1.24. The molecule has 0 rings (SSSR count). The van der Waals surface area contributed by atoms with E-state index in [1.54, 1.807) is 27.7 Å². The molecule has 0 radical (unpaired) electrons. The molecule has 0 unspecified atom stereocenters. The summed E-state index contributed by atoms with van der Waals surface area (Å²) in [5, 5.41) is 9.44. The summed E-state index contributed by atoms with van der Waals surface area (Å²) in [5.41, 5.74) is -0.569. The average Bonchev–Trinajstić information content (AvgIpc) is 1.98. The van der Waals surface area contributed by atoms with Crippen LogP contribution in [0.25, 0.3) is 0 Å². The molecule has 1 amide bonds. The molecule has 14 heavy (non-hydrogen) atoms. The number of carboxylic acids is 1. The third-order valence-electron chi connectivity index (χ3n) is 1.24. The Balaban J connectivity index is 4.40. The molecule has 5 heteroatoms. The number of rotatable bonds is 4. The van der Waals surface area contributed by atoms with E-state index in [-0.39, 0.29) is 12.3 Å². The maximum atomic E-state index is 11.3. The standard InChI is InChI=1S/C9H17NO4/c1-5-7(11)10(6-8(12)13)14-9(2,3)4/h5-6H2,1-4H3,(H,12,13). The average molecular weight is 203 g/mol. The molecule has 0 aliphatic carbocycles. The van der Waals surface area contributed by atoms with Crippen LogP contribution in [-0.2, 0) is 14.4 Å². The van der Waals surface area contributed by atoms with Crippen molar-refractivity contribution in [3.8, 4) is 0 Å². The van der Waals surface area contributed by atoms with E-state index in [9.17, 15) is 9.59 Å². The smallest absolute Gasteiger partial charge is 0.325 e. The number of nitrogens with zero attached hydrogens (tertiary/aromatic N) is 1. The maximum absolute atomic E-state index is 11.3. The van der Waals surface area contributed by atoms with Crippen LogP contribution in [0.3, 0.4) is 0 Å². The molecule has 0 spiro atoms. The quantitative estimate of drug-likeness (QED) is 0.693. The highest BCUT2D eigenvalue weighted by molar-refractivity contribution is 5.80. The zero-order valence-corrected chi connectivity index (χ0v) is 9.03. The van der Waals surface area contributed by atoms with Crippen molar-refractivity contribution in [2.45, 2.75) is 39.7 Å². The minimum absolute atomic E-state index is 0.226. The highest BCUT2D eigenvalue weighted by atomic mass is 16.7. The van der Waals surface area contributed by atoms with E-state index in [4.69, 9.17) is 9.94 Å². The number of aliphatic carboxylic acids is 1. The van der Waals surface area contributed by atoms with Crippen LogP contribution in [0, 0.1) is 0 Å². The zero-order chi connectivity index (χ0) is 11.4. The van der Waals surface area contributed by atoms with Gasteiger partial charge in [-0.2, -0.15) is 0 Å². The van der Waals surface area contributed by atoms with Gasteiger partial charge in [-0.05, 0) is 20.8 Å². The zero-order valence-electron chi connectivity index (χ0n) is 9.03. The van der Waals surface area contributed by atoms with Crippen LogP contribution in [0.1, 0.15) is 34.1 Å². The van der Waals surface area contributed by atoms with Gasteiger partial charge in [0.25, 0.3) is 0 Å². The number of carboxylic acid groups (broad SMARTS) is 1. The number of amides is 1. The molecule has 0 aromatic carbocycles. The highest BCUT2D eigenvalue weighted by Gasteiger charge is 2.22. The Morgan fingerprint density at radius 1 is 1.36 bits per heavy atom. The first-order valence-corrected chi connectivity index (χ1v) is 4.47. The van der Waals surface area contributed by atoms with Gasteiger partial charge in [0.1, 0.15) is 6.54 Å². The summed E-state index contributed by atoms with van der Waals surface area (Å²) in [5.74, 6) is -1.42. The van der Waals surface area contributed by atoms with Crippen molar-refractivity contribution in [1.29, 1.82) is 0 Å². The van der Waals surface area contributed by atoms with Gasteiger partial charge in [0.15, 0.2) is 0 Å². The number of hydroxylamine groups is 2. The second-order valence-electron chi connectivity index (χ2n) is 3.88. The van der Waals surface area contributed by atoms with Crippen LogP contribution in [0.5, 0.6) is 0 Å². The molecule has 5 nitrogen and oxygen atoms in total. The Kier molecular flexibility index (Phi) is 4.56. The lowest BCUT2D eigenvalue weighted by molar-refractivity contribution is -0.228. The highest BCUT2D eigenvalue weighted by Crippen LogP contribution is 2.11. The van der Waals surface area contributed by atoms with Crippen molar-refractivity contribution in [2.24, 2.45) is 0 Å². The number of carbonyl (C=O) groups is 2. The van der Waals surface area contributed by atoms with Crippen molar-refractivity contribution >= 4 is 11.9 Å². The lowest BCUT2D eigenvalue weighted by atomic mass is 10.2. The van der Waals surface area contributed by atoms with Crippen LogP contribution < -0.4 is 0 Å². The van der Waals surface area contributed by atoms with Crippen LogP contribution in [0.4, 0.5) is 0 Å². The van der Waals surface area contributed by atoms with E-state index in [2.05, 4.69) is 0 Å². The second kappa shape index (κ2) is 4.95. The van der Waals surface area contributed by atoms with E-state index in [1.807, 2.05) is 0 Å². The fraction of sp³-hybridized carbons (Fsp3) is 0.778. The van der Waals surface area contributed by atoms with Gasteiger partial charge >= 0.3 is 5.97 Å². The van der Waals surface area contributed by atoms with Gasteiger partial charge in [-0.15, -0.1) is 0 Å². The first-order valence-electron chi connectivity index (χ1n) is 4.47. The van der Waals surface area contributed by atoms with Gasteiger partial charge in [0.2, 0.25) is 5.91 Å². The lowest BCUT2D eigenvalue weighted by Gasteiger charge is -2.28. The second-order valence-corrected chi connectivity index (χ2v) is 3.88. The summed E-state index contributed by atoms with van der Waals surface area (Å²) in [6.45, 7) is 6.49. The molecule has 0 saturated heterocycles.